The zero-order chi connectivity index (χ0) is 26.5. The van der Waals surface area contributed by atoms with Crippen molar-refractivity contribution >= 4 is 23.4 Å². The molecule has 0 saturated carbocycles. The third kappa shape index (κ3) is 5.53. The van der Waals surface area contributed by atoms with Crippen molar-refractivity contribution < 1.29 is 28.5 Å². The second-order valence-electron chi connectivity index (χ2n) is 8.99. The molecule has 2 aliphatic rings. The van der Waals surface area contributed by atoms with E-state index in [2.05, 4.69) is 5.32 Å². The first-order chi connectivity index (χ1) is 17.9. The molecule has 2 aromatic rings. The van der Waals surface area contributed by atoms with Gasteiger partial charge in [0.15, 0.2) is 17.3 Å². The number of carbonyl (C=O) groups excluding carboxylic acids is 2. The van der Waals surface area contributed by atoms with Crippen molar-refractivity contribution in [2.24, 2.45) is 0 Å². The second-order valence-corrected chi connectivity index (χ2v) is 9.39. The van der Waals surface area contributed by atoms with E-state index in [1.165, 1.54) is 0 Å². The Morgan fingerprint density at radius 2 is 1.81 bits per heavy atom. The SMILES string of the molecule is CCOCCOC(=O)C1=C(C)NC2=C(C(=O)C[C@H](c3ccc(OC)c(OC)c3)C2)[C@@H]1c1ccccc1Cl. The topological polar surface area (TPSA) is 83.1 Å². The molecule has 7 nitrogen and oxygen atoms in total. The van der Waals surface area contributed by atoms with Gasteiger partial charge in [-0.05, 0) is 55.5 Å². The van der Waals surface area contributed by atoms with E-state index in [1.807, 2.05) is 50.2 Å². The van der Waals surface area contributed by atoms with Crippen LogP contribution in [0.2, 0.25) is 5.02 Å². The van der Waals surface area contributed by atoms with E-state index in [-0.39, 0.29) is 18.3 Å². The predicted molar refractivity (Wildman–Crippen MR) is 141 cm³/mol. The van der Waals surface area contributed by atoms with E-state index in [9.17, 15) is 9.59 Å². The van der Waals surface area contributed by atoms with Gasteiger partial charge in [-0.3, -0.25) is 4.79 Å². The molecule has 196 valence electrons. The largest absolute Gasteiger partial charge is 0.493 e. The molecule has 0 bridgehead atoms. The highest BCUT2D eigenvalue weighted by molar-refractivity contribution is 6.31. The van der Waals surface area contributed by atoms with E-state index in [1.54, 1.807) is 20.3 Å². The molecular formula is C29H32ClNO6. The van der Waals surface area contributed by atoms with E-state index in [4.69, 9.17) is 30.5 Å². The third-order valence-corrected chi connectivity index (χ3v) is 7.15. The van der Waals surface area contributed by atoms with Crippen molar-refractivity contribution in [2.45, 2.75) is 38.5 Å². The molecule has 2 atom stereocenters. The molecule has 0 saturated heterocycles. The maximum absolute atomic E-state index is 13.8. The normalized spacial score (nSPS) is 19.3. The van der Waals surface area contributed by atoms with E-state index < -0.39 is 11.9 Å². The van der Waals surface area contributed by atoms with Gasteiger partial charge in [0.25, 0.3) is 0 Å². The molecule has 0 unspecified atom stereocenters. The highest BCUT2D eigenvalue weighted by Crippen LogP contribution is 2.47. The Morgan fingerprint density at radius 3 is 2.51 bits per heavy atom. The van der Waals surface area contributed by atoms with E-state index in [0.717, 1.165) is 11.3 Å². The fourth-order valence-electron chi connectivity index (χ4n) is 5.09. The number of esters is 1. The number of carbonyl (C=O) groups is 2. The molecule has 37 heavy (non-hydrogen) atoms. The molecule has 0 amide bonds. The molecule has 8 heteroatoms. The van der Waals surface area contributed by atoms with Crippen LogP contribution in [0.3, 0.4) is 0 Å². The molecular weight excluding hydrogens is 494 g/mol. The van der Waals surface area contributed by atoms with E-state index in [0.29, 0.717) is 65.0 Å². The van der Waals surface area contributed by atoms with Crippen LogP contribution >= 0.6 is 11.6 Å². The lowest BCUT2D eigenvalue weighted by molar-refractivity contribution is -0.140. The van der Waals surface area contributed by atoms with Crippen molar-refractivity contribution in [1.29, 1.82) is 0 Å². The lowest BCUT2D eigenvalue weighted by Crippen LogP contribution is -2.36. The monoisotopic (exact) mass is 525 g/mol. The average molecular weight is 526 g/mol. The maximum Gasteiger partial charge on any atom is 0.336 e. The lowest BCUT2D eigenvalue weighted by Gasteiger charge is -2.37. The van der Waals surface area contributed by atoms with Gasteiger partial charge in [-0.1, -0.05) is 35.9 Å². The summed E-state index contributed by atoms with van der Waals surface area (Å²) in [6, 6.07) is 13.0. The smallest absolute Gasteiger partial charge is 0.336 e. The number of halogens is 1. The first-order valence-electron chi connectivity index (χ1n) is 12.3. The minimum Gasteiger partial charge on any atom is -0.493 e. The summed E-state index contributed by atoms with van der Waals surface area (Å²) in [6.07, 6.45) is 0.893. The van der Waals surface area contributed by atoms with Crippen molar-refractivity contribution in [3.63, 3.8) is 0 Å². The van der Waals surface area contributed by atoms with Crippen molar-refractivity contribution in [2.75, 3.05) is 34.0 Å². The Hall–Kier alpha value is -3.29. The summed E-state index contributed by atoms with van der Waals surface area (Å²) in [5, 5.41) is 3.85. The van der Waals surface area contributed by atoms with Gasteiger partial charge in [-0.25, -0.2) is 4.79 Å². The highest BCUT2D eigenvalue weighted by atomic mass is 35.5. The van der Waals surface area contributed by atoms with Crippen molar-refractivity contribution in [1.82, 2.24) is 5.32 Å². The predicted octanol–water partition coefficient (Wildman–Crippen LogP) is 5.30. The zero-order valence-corrected chi connectivity index (χ0v) is 22.3. The Labute approximate surface area is 222 Å². The van der Waals surface area contributed by atoms with Gasteiger partial charge < -0.3 is 24.3 Å². The summed E-state index contributed by atoms with van der Waals surface area (Å²) in [6.45, 7) is 4.68. The van der Waals surface area contributed by atoms with Gasteiger partial charge in [0, 0.05) is 40.9 Å². The Morgan fingerprint density at radius 1 is 1.05 bits per heavy atom. The molecule has 2 aromatic carbocycles. The number of nitrogens with one attached hydrogen (secondary N) is 1. The summed E-state index contributed by atoms with van der Waals surface area (Å²) in [5.74, 6) is 0.0444. The molecule has 1 heterocycles. The number of allylic oxidation sites excluding steroid dienone is 3. The molecule has 0 fully saturated rings. The van der Waals surface area contributed by atoms with Crippen LogP contribution in [0.25, 0.3) is 0 Å². The Kier molecular flexibility index (Phi) is 8.56. The van der Waals surface area contributed by atoms with Crippen LogP contribution in [0, 0.1) is 0 Å². The maximum atomic E-state index is 13.8. The van der Waals surface area contributed by atoms with Gasteiger partial charge in [-0.15, -0.1) is 0 Å². The highest BCUT2D eigenvalue weighted by Gasteiger charge is 2.42. The number of ketones is 1. The molecule has 4 rings (SSSR count). The summed E-state index contributed by atoms with van der Waals surface area (Å²) in [5.41, 5.74) is 4.08. The first kappa shape index (κ1) is 26.8. The molecule has 0 aromatic heterocycles. The fourth-order valence-corrected chi connectivity index (χ4v) is 5.33. The number of ether oxygens (including phenoxy) is 4. The number of Topliss-reactive ketones (excluding diaryl/α,β-unsaturated/α-hetero) is 1. The quantitative estimate of drug-likeness (QED) is 0.351. The van der Waals surface area contributed by atoms with Gasteiger partial charge in [0.1, 0.15) is 6.61 Å². The van der Waals surface area contributed by atoms with Gasteiger partial charge >= 0.3 is 5.97 Å². The van der Waals surface area contributed by atoms with Crippen molar-refractivity contribution in [3.8, 4) is 11.5 Å². The minimum atomic E-state index is -0.622. The number of rotatable bonds is 9. The number of hydrogen-bond donors (Lipinski definition) is 1. The van der Waals surface area contributed by atoms with Crippen LogP contribution in [0.1, 0.15) is 49.7 Å². The van der Waals surface area contributed by atoms with Crippen LogP contribution in [0.15, 0.2) is 65.0 Å². The van der Waals surface area contributed by atoms with Crippen LogP contribution in [0.5, 0.6) is 11.5 Å². The molecule has 1 N–H and O–H groups in total. The molecule has 0 spiro atoms. The second kappa shape index (κ2) is 11.8. The Bertz CT molecular complexity index is 1250. The summed E-state index contributed by atoms with van der Waals surface area (Å²) in [4.78, 5) is 27.1. The zero-order valence-electron chi connectivity index (χ0n) is 21.6. The van der Waals surface area contributed by atoms with Crippen LogP contribution in [-0.4, -0.2) is 45.8 Å². The van der Waals surface area contributed by atoms with Crippen LogP contribution in [-0.2, 0) is 19.1 Å². The van der Waals surface area contributed by atoms with Gasteiger partial charge in [0.2, 0.25) is 0 Å². The van der Waals surface area contributed by atoms with E-state index >= 15 is 0 Å². The van der Waals surface area contributed by atoms with Crippen molar-refractivity contribution in [3.05, 3.63) is 81.2 Å². The van der Waals surface area contributed by atoms with Crippen LogP contribution in [0.4, 0.5) is 0 Å². The number of methoxy groups -OCH3 is 2. The van der Waals surface area contributed by atoms with Crippen LogP contribution < -0.4 is 14.8 Å². The van der Waals surface area contributed by atoms with Gasteiger partial charge in [-0.2, -0.15) is 0 Å². The number of dihydropyridines is 1. The molecule has 0 radical (unpaired) electrons. The standard InChI is InChI=1S/C29H32ClNO6/c1-5-36-12-13-37-29(33)26-17(2)31-22-14-19(18-10-11-24(34-3)25(16-18)35-4)15-23(32)28(22)27(26)20-8-6-7-9-21(20)30/h6-11,16,19,27,31H,5,12-15H2,1-4H3/t19-,27-/m1/s1. The summed E-state index contributed by atoms with van der Waals surface area (Å²) < 4.78 is 21.7. The molecule has 1 aliphatic heterocycles. The Balaban J connectivity index is 1.72. The third-order valence-electron chi connectivity index (χ3n) is 6.81. The average Bonchev–Trinajstić information content (AvgIpc) is 2.90. The fraction of sp³-hybridized carbons (Fsp3) is 0.379. The summed E-state index contributed by atoms with van der Waals surface area (Å²) in [7, 11) is 3.18. The lowest BCUT2D eigenvalue weighted by atomic mass is 9.71. The first-order valence-corrected chi connectivity index (χ1v) is 12.7. The summed E-state index contributed by atoms with van der Waals surface area (Å²) >= 11 is 6.61. The minimum absolute atomic E-state index is 0.0365. The number of benzene rings is 2. The molecule has 1 aliphatic carbocycles. The number of hydrogen-bond acceptors (Lipinski definition) is 7. The van der Waals surface area contributed by atoms with Gasteiger partial charge in [0.05, 0.1) is 26.4 Å².